The number of unbranched alkanes of at least 4 members (excludes halogenated alkanes) is 35. The van der Waals surface area contributed by atoms with Crippen LogP contribution in [0, 0.1) is 17.8 Å². The lowest BCUT2D eigenvalue weighted by molar-refractivity contribution is -0.142. The summed E-state index contributed by atoms with van der Waals surface area (Å²) in [6, 6.07) is -2.21. The second-order valence-corrected chi connectivity index (χ2v) is 38.7. The molecule has 36 heteroatoms. The molecule has 3 fully saturated rings. The molecule has 6 amide bonds. The van der Waals surface area contributed by atoms with Crippen LogP contribution in [0.5, 0.6) is 0 Å². The van der Waals surface area contributed by atoms with Crippen LogP contribution in [0.3, 0.4) is 0 Å². The van der Waals surface area contributed by atoms with Gasteiger partial charge in [-0.1, -0.05) is 206 Å². The van der Waals surface area contributed by atoms with E-state index in [0.717, 1.165) is 264 Å². The molecule has 0 aromatic rings. The summed E-state index contributed by atoms with van der Waals surface area (Å²) in [6.45, 7) is 11.3. The van der Waals surface area contributed by atoms with Crippen LogP contribution in [0.25, 0.3) is 0 Å². The van der Waals surface area contributed by atoms with Crippen LogP contribution in [0.2, 0.25) is 0 Å². The Balaban J connectivity index is 0.00000556. The lowest BCUT2D eigenvalue weighted by Gasteiger charge is -2.42. The van der Waals surface area contributed by atoms with Gasteiger partial charge < -0.3 is 122 Å². The second-order valence-electron chi connectivity index (χ2n) is 37.2. The van der Waals surface area contributed by atoms with Crippen molar-refractivity contribution in [3.05, 3.63) is 0 Å². The zero-order valence-corrected chi connectivity index (χ0v) is 85.0. The summed E-state index contributed by atoms with van der Waals surface area (Å²) in [5, 5.41) is 109. The number of Topliss-reactive ketones (excluding diaryl/α,β-unsaturated/α-hetero) is 2. The van der Waals surface area contributed by atoms with Crippen LogP contribution < -0.4 is 37.6 Å². The zero-order chi connectivity index (χ0) is 100.0. The van der Waals surface area contributed by atoms with Gasteiger partial charge >= 0.3 is 7.82 Å². The minimum Gasteiger partial charge on any atom is -0.396 e. The van der Waals surface area contributed by atoms with Crippen molar-refractivity contribution < 1.29 is 136 Å². The van der Waals surface area contributed by atoms with Gasteiger partial charge in [-0.15, -0.1) is 0 Å². The van der Waals surface area contributed by atoms with Gasteiger partial charge in [0.25, 0.3) is 0 Å². The van der Waals surface area contributed by atoms with Gasteiger partial charge in [-0.05, 0) is 96.4 Å². The quantitative estimate of drug-likeness (QED) is 0.0199. The first kappa shape index (κ1) is 129. The van der Waals surface area contributed by atoms with Crippen molar-refractivity contribution in [3.63, 3.8) is 0 Å². The predicted molar refractivity (Wildman–Crippen MR) is 520 cm³/mol. The molecule has 16 atom stereocenters. The van der Waals surface area contributed by atoms with Crippen LogP contribution in [0.1, 0.15) is 362 Å². The van der Waals surface area contributed by atoms with Crippen molar-refractivity contribution >= 4 is 54.8 Å². The summed E-state index contributed by atoms with van der Waals surface area (Å²) in [4.78, 5) is 111. The van der Waals surface area contributed by atoms with Crippen molar-refractivity contribution in [1.82, 2.24) is 31.9 Å². The average molecular weight is 1960 g/mol. The molecule has 0 radical (unpaired) electrons. The maximum atomic E-state index is 14.0. The maximum absolute atomic E-state index is 14.0. The molecular weight excluding hydrogens is 1770 g/mol. The summed E-state index contributed by atoms with van der Waals surface area (Å²) in [5.41, 5.74) is 4.02. The van der Waals surface area contributed by atoms with Gasteiger partial charge in [0.15, 0.2) is 0 Å². The number of phosphoric acid groups is 1. The van der Waals surface area contributed by atoms with E-state index in [1.165, 1.54) is 20.8 Å². The molecule has 0 aromatic carbocycles. The average Bonchev–Trinajstić information content (AvgIpc) is 0.818. The molecule has 3 saturated carbocycles. The van der Waals surface area contributed by atoms with Gasteiger partial charge in [-0.2, -0.15) is 0 Å². The molecule has 794 valence electrons. The Morgan fingerprint density at radius 1 is 0.341 bits per heavy atom. The van der Waals surface area contributed by atoms with E-state index in [2.05, 4.69) is 40.9 Å². The summed E-state index contributed by atoms with van der Waals surface area (Å²) in [7, 11) is -0.928. The fourth-order valence-electron chi connectivity index (χ4n) is 17.3. The van der Waals surface area contributed by atoms with Gasteiger partial charge in [0, 0.05) is 157 Å². The van der Waals surface area contributed by atoms with E-state index < -0.39 is 104 Å². The van der Waals surface area contributed by atoms with Gasteiger partial charge in [0.1, 0.15) is 35.4 Å². The number of carbonyl (C=O) groups excluding carboxylic acids is 8. The number of amides is 6. The highest BCUT2D eigenvalue weighted by Gasteiger charge is 2.47. The summed E-state index contributed by atoms with van der Waals surface area (Å²) < 4.78 is 61.7. The highest BCUT2D eigenvalue weighted by molar-refractivity contribution is 7.47. The molecule has 135 heavy (non-hydrogen) atoms. The third-order valence-corrected chi connectivity index (χ3v) is 26.3. The third-order valence-electron chi connectivity index (χ3n) is 25.4. The molecule has 0 spiro atoms. The Labute approximate surface area is 809 Å². The minimum absolute atomic E-state index is 0.0281. The van der Waals surface area contributed by atoms with Gasteiger partial charge in [-0.25, -0.2) is 4.57 Å². The van der Waals surface area contributed by atoms with Gasteiger partial charge in [0.05, 0.1) is 101 Å². The normalized spacial score (nSPS) is 22.5. The molecular formula is C99H190N7O28P. The molecule has 0 aromatic heterocycles. The lowest BCUT2D eigenvalue weighted by Crippen LogP contribution is -2.61. The second kappa shape index (κ2) is 84.1. The number of phosphoric ester groups is 1. The standard InChI is InChI=1S/C90H166N6O24.C7H18NO4P.C2H6/c1-67(100)93-81-75(58-70(61-97)84(108)87(81)111)118-52-38-29-22-16-10-5-7-13-19-25-33-42-73(103)46-55-115-64-90(96-80(107)45-41-44-78(105)91-49-36-28-32-37-51-114-4,65-116-56-47-74(104)43-34-26-20-14-8-6-11-17-23-30-39-53-119-76-59-71(62-98)85(109)88(112)82(76)94-68(2)101)66-117-57-48-79(106)92-50-35-27-21-15-9-12-18-24-31-40-54-120-77-60-72(63-99)86(110)89(113)83(77)95-69(3)102;1-11-13(9,10)12-7-5-3-2-4-6-8;1-2/h70-72,75-77,81-89,97-99,108-113H,5-66H2,1-4H3,(H,91,105)(H,92,106)(H,93,100)(H,94,101)(H,95,102)(H,96,107);2-8H2,1H3,(H,9,10);1-2H3. The van der Waals surface area contributed by atoms with Crippen molar-refractivity contribution in [2.45, 2.75) is 441 Å². The Kier molecular flexibility index (Phi) is 80.1. The third kappa shape index (κ3) is 64.7. The largest absolute Gasteiger partial charge is 0.471 e. The van der Waals surface area contributed by atoms with E-state index in [-0.39, 0.29) is 152 Å². The number of aliphatic hydroxyl groups is 9. The SMILES string of the molecule is CC.COCCCCCCNC(=O)CCCC(=O)NC(COCCC(=O)CCCCCCCCCCCCCOC1CC(CO)C(O)C(O)C1NC(C)=O)(COCCC(=O)CCCCCCCCCCCCCOC1CC(CO)C(O)C(O)C1NC(C)=O)COCCC(=O)NCCCCCCCCCCCCOC1CC(CO)C(O)C(O)C1NC(C)=O.COP(=O)(O)OCCCCCCN. The summed E-state index contributed by atoms with van der Waals surface area (Å²) >= 11 is 0. The number of nitrogens with two attached hydrogens (primary N) is 1. The van der Waals surface area contributed by atoms with Crippen molar-refractivity contribution in [3.8, 4) is 0 Å². The van der Waals surface area contributed by atoms with Crippen molar-refractivity contribution in [2.24, 2.45) is 23.5 Å². The number of ether oxygens (including phenoxy) is 7. The van der Waals surface area contributed by atoms with Crippen molar-refractivity contribution in [1.29, 1.82) is 0 Å². The number of carbonyl (C=O) groups is 8. The summed E-state index contributed by atoms with van der Waals surface area (Å²) in [6.07, 6.45) is 34.1. The van der Waals surface area contributed by atoms with Crippen LogP contribution >= 0.6 is 7.82 Å². The molecule has 16 unspecified atom stereocenters. The first-order valence-electron chi connectivity index (χ1n) is 52.0. The van der Waals surface area contributed by atoms with E-state index in [1.54, 1.807) is 7.11 Å². The minimum atomic E-state index is -3.75. The molecule has 3 aliphatic carbocycles. The number of methoxy groups -OCH3 is 1. The van der Waals surface area contributed by atoms with E-state index in [9.17, 15) is 88.9 Å². The highest BCUT2D eigenvalue weighted by Crippen LogP contribution is 2.42. The molecule has 35 nitrogen and oxygen atoms in total. The van der Waals surface area contributed by atoms with E-state index in [1.807, 2.05) is 13.8 Å². The Bertz CT molecular complexity index is 2780. The number of ketones is 2. The maximum Gasteiger partial charge on any atom is 0.471 e. The van der Waals surface area contributed by atoms with Crippen LogP contribution in [-0.4, -0.2) is 303 Å². The Morgan fingerprint density at radius 3 is 0.933 bits per heavy atom. The number of hydrogen-bond donors (Lipinski definition) is 17. The first-order chi connectivity index (χ1) is 65.1. The molecule has 0 heterocycles. The van der Waals surface area contributed by atoms with E-state index in [4.69, 9.17) is 43.8 Å². The van der Waals surface area contributed by atoms with Gasteiger partial charge in [-0.3, -0.25) is 47.4 Å². The first-order valence-corrected chi connectivity index (χ1v) is 53.5. The number of hydrogen-bond acceptors (Lipinski definition) is 28. The van der Waals surface area contributed by atoms with Crippen LogP contribution in [-0.2, 0) is 85.1 Å². The molecule has 18 N–H and O–H groups in total. The highest BCUT2D eigenvalue weighted by atomic mass is 31.2. The van der Waals surface area contributed by atoms with Gasteiger partial charge in [0.2, 0.25) is 35.4 Å². The number of rotatable bonds is 85. The molecule has 0 aliphatic heterocycles. The molecule has 0 bridgehead atoms. The Morgan fingerprint density at radius 2 is 0.622 bits per heavy atom. The fourth-order valence-corrected chi connectivity index (χ4v) is 17.8. The fraction of sp³-hybridized carbons (Fsp3) is 0.919. The molecule has 3 aliphatic rings. The van der Waals surface area contributed by atoms with E-state index >= 15 is 0 Å². The Hall–Kier alpha value is -4.41. The molecule has 3 rings (SSSR count). The topological polar surface area (TPSA) is 537 Å². The van der Waals surface area contributed by atoms with Crippen LogP contribution in [0.15, 0.2) is 0 Å². The zero-order valence-electron chi connectivity index (χ0n) is 84.1. The summed E-state index contributed by atoms with van der Waals surface area (Å²) in [5.74, 6) is -3.06. The predicted octanol–water partition coefficient (Wildman–Crippen LogP) is 10.2. The number of nitrogens with one attached hydrogen (secondary N) is 6. The van der Waals surface area contributed by atoms with Crippen molar-refractivity contribution in [2.75, 3.05) is 126 Å². The number of aliphatic hydroxyl groups excluding tert-OH is 9. The smallest absolute Gasteiger partial charge is 0.396 e. The van der Waals surface area contributed by atoms with Crippen LogP contribution in [0.4, 0.5) is 0 Å². The lowest BCUT2D eigenvalue weighted by atomic mass is 9.79. The molecule has 0 saturated heterocycles. The monoisotopic (exact) mass is 1960 g/mol. The van der Waals surface area contributed by atoms with E-state index in [0.29, 0.717) is 78.2 Å².